The Kier molecular flexibility index (Phi) is 5.75. The standard InChI is InChI=1S/C25H24FN3O4S/c1-17-16-28(12-13-29(17)34(30,31)20-7-5-6-18(26)14-20)25-21-15-19(32-2)10-11-23(21)33-24-9-4-3-8-22(24)27-25/h3-11,14-15,17H,12-13,16H2,1-2H3/t17-/m1/s1. The number of benzene rings is 3. The molecule has 1 saturated heterocycles. The van der Waals surface area contributed by atoms with E-state index in [0.29, 0.717) is 41.9 Å². The SMILES string of the molecule is COc1ccc2c(c1)C(N1CCN(S(=O)(=O)c3cccc(F)c3)[C@H](C)C1)=Nc1ccccc1O2. The van der Waals surface area contributed by atoms with Crippen LogP contribution in [0.5, 0.6) is 17.2 Å². The van der Waals surface area contributed by atoms with Gasteiger partial charge in [-0.15, -0.1) is 0 Å². The predicted molar refractivity (Wildman–Crippen MR) is 127 cm³/mol. The normalized spacial score (nSPS) is 18.3. The van der Waals surface area contributed by atoms with Gasteiger partial charge in [-0.3, -0.25) is 0 Å². The van der Waals surface area contributed by atoms with Gasteiger partial charge in [0, 0.05) is 25.7 Å². The smallest absolute Gasteiger partial charge is 0.243 e. The number of ether oxygens (including phenoxy) is 2. The van der Waals surface area contributed by atoms with Gasteiger partial charge in [0.25, 0.3) is 0 Å². The van der Waals surface area contributed by atoms with Gasteiger partial charge in [0.1, 0.15) is 28.8 Å². The van der Waals surface area contributed by atoms with E-state index in [9.17, 15) is 12.8 Å². The zero-order valence-electron chi connectivity index (χ0n) is 18.8. The number of fused-ring (bicyclic) bond motifs is 2. The van der Waals surface area contributed by atoms with Crippen molar-refractivity contribution in [3.8, 4) is 17.2 Å². The molecule has 0 spiro atoms. The average Bonchev–Trinajstić information content (AvgIpc) is 3.00. The molecule has 1 atom stereocenters. The van der Waals surface area contributed by atoms with Crippen LogP contribution < -0.4 is 9.47 Å². The van der Waals surface area contributed by atoms with Crippen molar-refractivity contribution >= 4 is 21.5 Å². The number of hydrogen-bond donors (Lipinski definition) is 0. The molecule has 0 radical (unpaired) electrons. The number of nitrogens with zero attached hydrogens (tertiary/aromatic N) is 3. The lowest BCUT2D eigenvalue weighted by molar-refractivity contribution is 0.205. The minimum atomic E-state index is -3.83. The molecule has 2 aliphatic rings. The third kappa shape index (κ3) is 4.01. The van der Waals surface area contributed by atoms with Gasteiger partial charge in [-0.05, 0) is 55.5 Å². The van der Waals surface area contributed by atoms with Crippen LogP contribution in [0.3, 0.4) is 0 Å². The van der Waals surface area contributed by atoms with E-state index >= 15 is 0 Å². The highest BCUT2D eigenvalue weighted by Gasteiger charge is 2.36. The molecule has 0 saturated carbocycles. The van der Waals surface area contributed by atoms with Crippen LogP contribution in [0.15, 0.2) is 76.6 Å². The number of rotatable bonds is 3. The number of sulfonamides is 1. The van der Waals surface area contributed by atoms with Crippen LogP contribution in [0, 0.1) is 5.82 Å². The van der Waals surface area contributed by atoms with Crippen molar-refractivity contribution in [2.75, 3.05) is 26.7 Å². The highest BCUT2D eigenvalue weighted by molar-refractivity contribution is 7.89. The molecule has 0 unspecified atom stereocenters. The van der Waals surface area contributed by atoms with Crippen LogP contribution in [-0.2, 0) is 10.0 Å². The third-order valence-corrected chi connectivity index (χ3v) is 8.02. The molecule has 3 aromatic rings. The van der Waals surface area contributed by atoms with Crippen molar-refractivity contribution in [3.63, 3.8) is 0 Å². The monoisotopic (exact) mass is 481 g/mol. The van der Waals surface area contributed by atoms with Crippen LogP contribution in [0.1, 0.15) is 12.5 Å². The van der Waals surface area contributed by atoms with Crippen LogP contribution in [0.2, 0.25) is 0 Å². The molecule has 176 valence electrons. The summed E-state index contributed by atoms with van der Waals surface area (Å²) in [4.78, 5) is 6.93. The molecule has 2 heterocycles. The maximum Gasteiger partial charge on any atom is 0.243 e. The Morgan fingerprint density at radius 3 is 2.62 bits per heavy atom. The summed E-state index contributed by atoms with van der Waals surface area (Å²) in [6.07, 6.45) is 0. The van der Waals surface area contributed by atoms with Crippen LogP contribution in [0.4, 0.5) is 10.1 Å². The molecule has 9 heteroatoms. The van der Waals surface area contributed by atoms with Crippen molar-refractivity contribution in [1.82, 2.24) is 9.21 Å². The quantitative estimate of drug-likeness (QED) is 0.554. The Balaban J connectivity index is 1.49. The number of amidine groups is 1. The summed E-state index contributed by atoms with van der Waals surface area (Å²) in [5.74, 6) is 2.07. The van der Waals surface area contributed by atoms with E-state index in [1.54, 1.807) is 7.11 Å². The van der Waals surface area contributed by atoms with Gasteiger partial charge >= 0.3 is 0 Å². The van der Waals surface area contributed by atoms with Gasteiger partial charge in [-0.25, -0.2) is 17.8 Å². The van der Waals surface area contributed by atoms with Gasteiger partial charge in [-0.2, -0.15) is 4.31 Å². The second-order valence-corrected chi connectivity index (χ2v) is 10.1. The highest BCUT2D eigenvalue weighted by atomic mass is 32.2. The van der Waals surface area contributed by atoms with E-state index < -0.39 is 15.8 Å². The number of piperazine rings is 1. The Hall–Kier alpha value is -3.43. The third-order valence-electron chi connectivity index (χ3n) is 6.01. The van der Waals surface area contributed by atoms with Gasteiger partial charge in [0.2, 0.25) is 10.0 Å². The van der Waals surface area contributed by atoms with Crippen molar-refractivity contribution in [2.45, 2.75) is 17.9 Å². The fourth-order valence-electron chi connectivity index (χ4n) is 4.32. The summed E-state index contributed by atoms with van der Waals surface area (Å²) in [5, 5.41) is 0. The van der Waals surface area contributed by atoms with E-state index in [-0.39, 0.29) is 17.5 Å². The molecule has 3 aromatic carbocycles. The lowest BCUT2D eigenvalue weighted by atomic mass is 10.1. The predicted octanol–water partition coefficient (Wildman–Crippen LogP) is 4.41. The summed E-state index contributed by atoms with van der Waals surface area (Å²) < 4.78 is 53.1. The minimum Gasteiger partial charge on any atom is -0.497 e. The van der Waals surface area contributed by atoms with E-state index in [0.717, 1.165) is 11.6 Å². The zero-order chi connectivity index (χ0) is 23.9. The van der Waals surface area contributed by atoms with Crippen LogP contribution in [0.25, 0.3) is 0 Å². The molecule has 7 nitrogen and oxygen atoms in total. The van der Waals surface area contributed by atoms with Crippen LogP contribution >= 0.6 is 0 Å². The van der Waals surface area contributed by atoms with E-state index in [1.807, 2.05) is 49.4 Å². The second kappa shape index (κ2) is 8.73. The maximum absolute atomic E-state index is 13.7. The first-order valence-corrected chi connectivity index (χ1v) is 12.4. The minimum absolute atomic E-state index is 0.0444. The summed E-state index contributed by atoms with van der Waals surface area (Å²) in [7, 11) is -2.23. The van der Waals surface area contributed by atoms with Crippen molar-refractivity contribution in [1.29, 1.82) is 0 Å². The first-order valence-electron chi connectivity index (χ1n) is 10.9. The maximum atomic E-state index is 13.7. The summed E-state index contributed by atoms with van der Waals surface area (Å²) in [6.45, 7) is 2.90. The molecule has 0 aromatic heterocycles. The van der Waals surface area contributed by atoms with E-state index in [4.69, 9.17) is 14.5 Å². The van der Waals surface area contributed by atoms with Gasteiger partial charge in [0.15, 0.2) is 5.75 Å². The molecule has 0 N–H and O–H groups in total. The fourth-order valence-corrected chi connectivity index (χ4v) is 5.97. The highest BCUT2D eigenvalue weighted by Crippen LogP contribution is 2.39. The zero-order valence-corrected chi connectivity index (χ0v) is 19.6. The molecule has 34 heavy (non-hydrogen) atoms. The molecule has 5 rings (SSSR count). The first kappa shape index (κ1) is 22.4. The fraction of sp³-hybridized carbons (Fsp3) is 0.240. The molecule has 0 bridgehead atoms. The van der Waals surface area contributed by atoms with E-state index in [2.05, 4.69) is 4.90 Å². The van der Waals surface area contributed by atoms with Crippen LogP contribution in [-0.4, -0.2) is 56.2 Å². The number of para-hydroxylation sites is 2. The summed E-state index contributed by atoms with van der Waals surface area (Å²) in [6, 6.07) is 17.8. The Bertz CT molecular complexity index is 1380. The lowest BCUT2D eigenvalue weighted by Gasteiger charge is -2.40. The average molecular weight is 482 g/mol. The lowest BCUT2D eigenvalue weighted by Crippen LogP contribution is -2.55. The first-order chi connectivity index (χ1) is 16.4. The topological polar surface area (TPSA) is 71.4 Å². The van der Waals surface area contributed by atoms with Crippen molar-refractivity contribution in [2.24, 2.45) is 4.99 Å². The molecule has 0 amide bonds. The van der Waals surface area contributed by atoms with Gasteiger partial charge < -0.3 is 14.4 Å². The summed E-state index contributed by atoms with van der Waals surface area (Å²) in [5.41, 5.74) is 1.46. The molecule has 0 aliphatic carbocycles. The van der Waals surface area contributed by atoms with Gasteiger partial charge in [-0.1, -0.05) is 18.2 Å². The molecule has 1 fully saturated rings. The second-order valence-electron chi connectivity index (χ2n) is 8.24. The molecular formula is C25H24FN3O4S. The largest absolute Gasteiger partial charge is 0.497 e. The Labute approximate surface area is 198 Å². The molecular weight excluding hydrogens is 457 g/mol. The van der Waals surface area contributed by atoms with Crippen molar-refractivity contribution < 1.29 is 22.3 Å². The van der Waals surface area contributed by atoms with Crippen molar-refractivity contribution in [3.05, 3.63) is 78.1 Å². The number of methoxy groups -OCH3 is 1. The number of halogens is 1. The summed E-state index contributed by atoms with van der Waals surface area (Å²) >= 11 is 0. The Morgan fingerprint density at radius 1 is 1.03 bits per heavy atom. The molecule has 2 aliphatic heterocycles. The Morgan fingerprint density at radius 2 is 1.85 bits per heavy atom. The van der Waals surface area contributed by atoms with E-state index in [1.165, 1.54) is 22.5 Å². The number of aliphatic imine (C=N–C) groups is 1. The number of hydrogen-bond acceptors (Lipinski definition) is 6. The van der Waals surface area contributed by atoms with Gasteiger partial charge in [0.05, 0.1) is 17.6 Å².